The molecule has 0 saturated carbocycles. The average Bonchev–Trinajstić information content (AvgIpc) is 3.07. The van der Waals surface area contributed by atoms with Crippen molar-refractivity contribution in [1.82, 2.24) is 4.90 Å². The molecular formula is C21H22N2O5. The molecule has 2 heterocycles. The van der Waals surface area contributed by atoms with Crippen molar-refractivity contribution in [2.45, 2.75) is 19.4 Å². The number of furan rings is 1. The van der Waals surface area contributed by atoms with Crippen molar-refractivity contribution in [2.75, 3.05) is 27.3 Å². The first-order chi connectivity index (χ1) is 13.6. The van der Waals surface area contributed by atoms with Crippen LogP contribution in [-0.2, 0) is 19.4 Å². The SMILES string of the molecule is COc1cc2oc3c(c2cc1OC)CCN(CCc1ccc([N+](=O)[O-])cc1)C3. The molecule has 2 aromatic carbocycles. The fourth-order valence-corrected chi connectivity index (χ4v) is 3.74. The molecule has 0 atom stereocenters. The third-order valence-electron chi connectivity index (χ3n) is 5.29. The maximum absolute atomic E-state index is 10.8. The minimum atomic E-state index is -0.374. The lowest BCUT2D eigenvalue weighted by Crippen LogP contribution is -2.31. The summed E-state index contributed by atoms with van der Waals surface area (Å²) in [7, 11) is 3.25. The van der Waals surface area contributed by atoms with Gasteiger partial charge in [0, 0.05) is 42.2 Å². The minimum absolute atomic E-state index is 0.125. The van der Waals surface area contributed by atoms with E-state index in [1.54, 1.807) is 26.4 Å². The van der Waals surface area contributed by atoms with E-state index in [9.17, 15) is 10.1 Å². The summed E-state index contributed by atoms with van der Waals surface area (Å²) in [5, 5.41) is 11.8. The molecular weight excluding hydrogens is 360 g/mol. The predicted molar refractivity (Wildman–Crippen MR) is 105 cm³/mol. The number of methoxy groups -OCH3 is 2. The van der Waals surface area contributed by atoms with E-state index in [4.69, 9.17) is 13.9 Å². The van der Waals surface area contributed by atoms with E-state index >= 15 is 0 Å². The lowest BCUT2D eigenvalue weighted by atomic mass is 10.0. The molecule has 0 amide bonds. The van der Waals surface area contributed by atoms with Crippen LogP contribution >= 0.6 is 0 Å². The van der Waals surface area contributed by atoms with Crippen LogP contribution in [0.5, 0.6) is 11.5 Å². The van der Waals surface area contributed by atoms with Gasteiger partial charge in [-0.2, -0.15) is 0 Å². The van der Waals surface area contributed by atoms with Crippen LogP contribution < -0.4 is 9.47 Å². The molecule has 7 heteroatoms. The van der Waals surface area contributed by atoms with E-state index in [1.165, 1.54) is 5.56 Å². The van der Waals surface area contributed by atoms with E-state index in [-0.39, 0.29) is 10.6 Å². The Morgan fingerprint density at radius 3 is 2.54 bits per heavy atom. The number of ether oxygens (including phenoxy) is 2. The van der Waals surface area contributed by atoms with Crippen molar-refractivity contribution >= 4 is 16.7 Å². The van der Waals surface area contributed by atoms with Gasteiger partial charge in [-0.3, -0.25) is 15.0 Å². The van der Waals surface area contributed by atoms with Gasteiger partial charge in [0.25, 0.3) is 5.69 Å². The Hall–Kier alpha value is -3.06. The maximum Gasteiger partial charge on any atom is 0.269 e. The van der Waals surface area contributed by atoms with Gasteiger partial charge in [-0.1, -0.05) is 12.1 Å². The molecule has 0 spiro atoms. The summed E-state index contributed by atoms with van der Waals surface area (Å²) < 4.78 is 16.9. The first-order valence-electron chi connectivity index (χ1n) is 9.21. The third kappa shape index (κ3) is 3.41. The van der Waals surface area contributed by atoms with E-state index in [1.807, 2.05) is 24.3 Å². The highest BCUT2D eigenvalue weighted by Crippen LogP contribution is 2.38. The quantitative estimate of drug-likeness (QED) is 0.474. The van der Waals surface area contributed by atoms with E-state index < -0.39 is 0 Å². The molecule has 0 radical (unpaired) electrons. The van der Waals surface area contributed by atoms with Crippen molar-refractivity contribution in [3.8, 4) is 11.5 Å². The van der Waals surface area contributed by atoms with Crippen LogP contribution in [-0.4, -0.2) is 37.1 Å². The molecule has 1 aliphatic rings. The summed E-state index contributed by atoms with van der Waals surface area (Å²) in [6.45, 7) is 2.57. The Bertz CT molecular complexity index is 1010. The molecule has 7 nitrogen and oxygen atoms in total. The Labute approximate surface area is 162 Å². The van der Waals surface area contributed by atoms with Crippen LogP contribution in [0, 0.1) is 10.1 Å². The van der Waals surface area contributed by atoms with Gasteiger partial charge in [0.2, 0.25) is 0 Å². The van der Waals surface area contributed by atoms with Crippen LogP contribution in [0.3, 0.4) is 0 Å². The van der Waals surface area contributed by atoms with E-state index in [2.05, 4.69) is 4.90 Å². The Balaban J connectivity index is 1.47. The van der Waals surface area contributed by atoms with Gasteiger partial charge >= 0.3 is 0 Å². The number of fused-ring (bicyclic) bond motifs is 3. The number of hydrogen-bond donors (Lipinski definition) is 0. The van der Waals surface area contributed by atoms with Gasteiger partial charge in [-0.15, -0.1) is 0 Å². The molecule has 1 aliphatic heterocycles. The lowest BCUT2D eigenvalue weighted by Gasteiger charge is -2.25. The van der Waals surface area contributed by atoms with Gasteiger partial charge < -0.3 is 13.9 Å². The van der Waals surface area contributed by atoms with Crippen molar-refractivity contribution in [3.63, 3.8) is 0 Å². The van der Waals surface area contributed by atoms with Crippen molar-refractivity contribution < 1.29 is 18.8 Å². The van der Waals surface area contributed by atoms with E-state index in [0.717, 1.165) is 54.8 Å². The number of non-ortho nitro benzene ring substituents is 1. The molecule has 0 unspecified atom stereocenters. The zero-order valence-corrected chi connectivity index (χ0v) is 15.9. The maximum atomic E-state index is 10.8. The number of nitro groups is 1. The zero-order valence-electron chi connectivity index (χ0n) is 15.9. The Kier molecular flexibility index (Phi) is 4.92. The van der Waals surface area contributed by atoms with Gasteiger partial charge in [0.15, 0.2) is 11.5 Å². The molecule has 28 heavy (non-hydrogen) atoms. The predicted octanol–water partition coefficient (Wildman–Crippen LogP) is 3.96. The fourth-order valence-electron chi connectivity index (χ4n) is 3.74. The molecule has 0 bridgehead atoms. The summed E-state index contributed by atoms with van der Waals surface area (Å²) in [4.78, 5) is 12.7. The first kappa shape index (κ1) is 18.3. The summed E-state index contributed by atoms with van der Waals surface area (Å²) in [5.41, 5.74) is 3.28. The monoisotopic (exact) mass is 382 g/mol. The third-order valence-corrected chi connectivity index (χ3v) is 5.29. The second-order valence-electron chi connectivity index (χ2n) is 6.91. The second kappa shape index (κ2) is 7.52. The lowest BCUT2D eigenvalue weighted by molar-refractivity contribution is -0.384. The molecule has 0 aliphatic carbocycles. The zero-order chi connectivity index (χ0) is 19.7. The Morgan fingerprint density at radius 2 is 1.86 bits per heavy atom. The largest absolute Gasteiger partial charge is 0.493 e. The second-order valence-corrected chi connectivity index (χ2v) is 6.91. The number of rotatable bonds is 6. The van der Waals surface area contributed by atoms with Crippen LogP contribution in [0.2, 0.25) is 0 Å². The number of benzene rings is 2. The van der Waals surface area contributed by atoms with Crippen LogP contribution in [0.1, 0.15) is 16.9 Å². The molecule has 1 aromatic heterocycles. The van der Waals surface area contributed by atoms with Crippen molar-refractivity contribution in [2.24, 2.45) is 0 Å². The molecule has 0 fully saturated rings. The fraction of sp³-hybridized carbons (Fsp3) is 0.333. The normalized spacial score (nSPS) is 14.1. The Morgan fingerprint density at radius 1 is 1.14 bits per heavy atom. The average molecular weight is 382 g/mol. The summed E-state index contributed by atoms with van der Waals surface area (Å²) in [6, 6.07) is 10.6. The molecule has 0 N–H and O–H groups in total. The van der Waals surface area contributed by atoms with Crippen LogP contribution in [0.25, 0.3) is 11.0 Å². The number of hydrogen-bond acceptors (Lipinski definition) is 6. The summed E-state index contributed by atoms with van der Waals surface area (Å²) in [5.74, 6) is 2.36. The van der Waals surface area contributed by atoms with Crippen LogP contribution in [0.15, 0.2) is 40.8 Å². The molecule has 146 valence electrons. The van der Waals surface area contributed by atoms with Gasteiger partial charge in [0.1, 0.15) is 11.3 Å². The minimum Gasteiger partial charge on any atom is -0.493 e. The number of nitrogens with zero attached hydrogens (tertiary/aromatic N) is 2. The van der Waals surface area contributed by atoms with Crippen molar-refractivity contribution in [1.29, 1.82) is 0 Å². The molecule has 0 saturated heterocycles. The van der Waals surface area contributed by atoms with Gasteiger partial charge in [0.05, 0.1) is 25.7 Å². The molecule has 4 rings (SSSR count). The topological polar surface area (TPSA) is 78.0 Å². The summed E-state index contributed by atoms with van der Waals surface area (Å²) >= 11 is 0. The highest BCUT2D eigenvalue weighted by Gasteiger charge is 2.24. The summed E-state index contributed by atoms with van der Waals surface area (Å²) in [6.07, 6.45) is 1.76. The smallest absolute Gasteiger partial charge is 0.269 e. The first-order valence-corrected chi connectivity index (χ1v) is 9.21. The van der Waals surface area contributed by atoms with E-state index in [0.29, 0.717) is 11.5 Å². The highest BCUT2D eigenvalue weighted by atomic mass is 16.6. The van der Waals surface area contributed by atoms with Gasteiger partial charge in [-0.05, 0) is 24.5 Å². The highest BCUT2D eigenvalue weighted by molar-refractivity contribution is 5.86. The standard InChI is InChI=1S/C21H22N2O5/c1-26-19-11-17-16-8-10-22(13-21(16)28-18(17)12-20(19)27-2)9-7-14-3-5-15(6-4-14)23(24)25/h3-6,11-12H,7-10,13H2,1-2H3. The number of nitro benzene ring substituents is 1. The van der Waals surface area contributed by atoms with Crippen LogP contribution in [0.4, 0.5) is 5.69 Å². The molecule has 3 aromatic rings. The van der Waals surface area contributed by atoms with Gasteiger partial charge in [-0.25, -0.2) is 0 Å². The van der Waals surface area contributed by atoms with Crippen molar-refractivity contribution in [3.05, 3.63) is 63.4 Å².